The van der Waals surface area contributed by atoms with E-state index in [1.54, 1.807) is 24.3 Å². The van der Waals surface area contributed by atoms with E-state index in [2.05, 4.69) is 15.9 Å². The van der Waals surface area contributed by atoms with Crippen LogP contribution in [-0.4, -0.2) is 10.2 Å². The standard InChI is InChI=1S/C15H13F3O.C8H9BrO/c1-9-7-13(19)8-10(2)14(9)11-3-5-12(6-4-11)15(16,17)18;1-5-3-7(10)4-6(2)8(5)9/h3-8,19H,1-2H3;3-4,10H,1-2H3. The van der Waals surface area contributed by atoms with Crippen LogP contribution in [0.4, 0.5) is 13.2 Å². The van der Waals surface area contributed by atoms with Gasteiger partial charge < -0.3 is 10.2 Å². The van der Waals surface area contributed by atoms with Gasteiger partial charge in [0.25, 0.3) is 0 Å². The van der Waals surface area contributed by atoms with Gasteiger partial charge in [0.15, 0.2) is 0 Å². The molecule has 3 rings (SSSR count). The van der Waals surface area contributed by atoms with Crippen molar-refractivity contribution >= 4 is 15.9 Å². The summed E-state index contributed by atoms with van der Waals surface area (Å²) in [5, 5.41) is 18.6. The molecule has 154 valence electrons. The van der Waals surface area contributed by atoms with Crippen molar-refractivity contribution in [1.82, 2.24) is 0 Å². The van der Waals surface area contributed by atoms with Crippen LogP contribution in [0.5, 0.6) is 11.5 Å². The number of halogens is 4. The van der Waals surface area contributed by atoms with Crippen LogP contribution >= 0.6 is 15.9 Å². The molecule has 0 heterocycles. The second-order valence-corrected chi connectivity index (χ2v) is 7.72. The molecule has 0 fully saturated rings. The summed E-state index contributed by atoms with van der Waals surface area (Å²) < 4.78 is 38.6. The summed E-state index contributed by atoms with van der Waals surface area (Å²) in [5.74, 6) is 0.490. The molecule has 29 heavy (non-hydrogen) atoms. The Morgan fingerprint density at radius 1 is 0.690 bits per heavy atom. The lowest BCUT2D eigenvalue weighted by Crippen LogP contribution is -2.04. The van der Waals surface area contributed by atoms with E-state index >= 15 is 0 Å². The molecule has 0 aliphatic carbocycles. The number of benzene rings is 3. The van der Waals surface area contributed by atoms with Crippen molar-refractivity contribution in [2.24, 2.45) is 0 Å². The molecule has 0 bridgehead atoms. The Hall–Kier alpha value is -2.47. The first-order chi connectivity index (χ1) is 13.4. The van der Waals surface area contributed by atoms with Crippen LogP contribution in [0.2, 0.25) is 0 Å². The lowest BCUT2D eigenvalue weighted by atomic mass is 9.95. The second-order valence-electron chi connectivity index (χ2n) is 6.92. The molecule has 0 spiro atoms. The molecule has 0 aromatic heterocycles. The molecule has 0 saturated carbocycles. The van der Waals surface area contributed by atoms with E-state index in [9.17, 15) is 18.3 Å². The fraction of sp³-hybridized carbons (Fsp3) is 0.217. The zero-order chi connectivity index (χ0) is 21.9. The van der Waals surface area contributed by atoms with Crippen molar-refractivity contribution in [2.45, 2.75) is 33.9 Å². The third kappa shape index (κ3) is 5.76. The first-order valence-corrected chi connectivity index (χ1v) is 9.63. The largest absolute Gasteiger partial charge is 0.508 e. The molecule has 0 amide bonds. The van der Waals surface area contributed by atoms with Crippen LogP contribution in [-0.2, 0) is 6.18 Å². The first kappa shape index (κ1) is 22.8. The molecule has 2 N–H and O–H groups in total. The number of aromatic hydroxyl groups is 2. The van der Waals surface area contributed by atoms with Crippen molar-refractivity contribution in [3.63, 3.8) is 0 Å². The van der Waals surface area contributed by atoms with Crippen LogP contribution < -0.4 is 0 Å². The number of phenolic OH excluding ortho intramolecular Hbond substituents is 2. The van der Waals surface area contributed by atoms with Crippen molar-refractivity contribution in [3.05, 3.63) is 80.8 Å². The zero-order valence-electron chi connectivity index (χ0n) is 16.5. The molecule has 3 aromatic carbocycles. The molecule has 0 aliphatic heterocycles. The maximum atomic E-state index is 12.5. The molecule has 0 aliphatic rings. The number of hydrogen-bond acceptors (Lipinski definition) is 2. The van der Waals surface area contributed by atoms with Gasteiger partial charge >= 0.3 is 6.18 Å². The monoisotopic (exact) mass is 466 g/mol. The molecule has 0 radical (unpaired) electrons. The maximum Gasteiger partial charge on any atom is 0.416 e. The third-order valence-corrected chi connectivity index (χ3v) is 5.69. The summed E-state index contributed by atoms with van der Waals surface area (Å²) in [6.07, 6.45) is -4.32. The van der Waals surface area contributed by atoms with E-state index in [1.165, 1.54) is 12.1 Å². The van der Waals surface area contributed by atoms with E-state index in [4.69, 9.17) is 5.11 Å². The van der Waals surface area contributed by atoms with E-state index in [1.807, 2.05) is 27.7 Å². The molecular weight excluding hydrogens is 445 g/mol. The van der Waals surface area contributed by atoms with Gasteiger partial charge in [0.05, 0.1) is 5.56 Å². The lowest BCUT2D eigenvalue weighted by Gasteiger charge is -2.12. The van der Waals surface area contributed by atoms with Crippen LogP contribution in [0.25, 0.3) is 11.1 Å². The highest BCUT2D eigenvalue weighted by atomic mass is 79.9. The van der Waals surface area contributed by atoms with Gasteiger partial charge in [0, 0.05) is 4.47 Å². The number of aryl methyl sites for hydroxylation is 4. The highest BCUT2D eigenvalue weighted by Gasteiger charge is 2.30. The molecule has 0 unspecified atom stereocenters. The minimum absolute atomic E-state index is 0.158. The number of hydrogen-bond donors (Lipinski definition) is 2. The quantitative estimate of drug-likeness (QED) is 0.390. The van der Waals surface area contributed by atoms with E-state index < -0.39 is 11.7 Å². The molecular formula is C23H22BrF3O2. The van der Waals surface area contributed by atoms with Crippen LogP contribution in [0.3, 0.4) is 0 Å². The predicted octanol–water partition coefficient (Wildman–Crippen LogP) is 7.47. The topological polar surface area (TPSA) is 40.5 Å². The summed E-state index contributed by atoms with van der Waals surface area (Å²) in [6.45, 7) is 7.55. The second kappa shape index (κ2) is 8.91. The minimum atomic E-state index is -4.32. The molecule has 0 saturated heterocycles. The lowest BCUT2D eigenvalue weighted by molar-refractivity contribution is -0.137. The van der Waals surface area contributed by atoms with Gasteiger partial charge in [-0.2, -0.15) is 13.2 Å². The SMILES string of the molecule is Cc1cc(O)cc(C)c1-c1ccc(C(F)(F)F)cc1.Cc1cc(O)cc(C)c1Br. The normalized spacial score (nSPS) is 11.0. The smallest absolute Gasteiger partial charge is 0.416 e. The average molecular weight is 467 g/mol. The minimum Gasteiger partial charge on any atom is -0.508 e. The molecule has 3 aromatic rings. The fourth-order valence-corrected chi connectivity index (χ4v) is 3.37. The predicted molar refractivity (Wildman–Crippen MR) is 113 cm³/mol. The Labute approximate surface area is 176 Å². The Balaban J connectivity index is 0.000000253. The first-order valence-electron chi connectivity index (χ1n) is 8.83. The molecule has 0 atom stereocenters. The van der Waals surface area contributed by atoms with Crippen molar-refractivity contribution in [2.75, 3.05) is 0 Å². The van der Waals surface area contributed by atoms with Gasteiger partial charge in [-0.1, -0.05) is 28.1 Å². The Morgan fingerprint density at radius 3 is 1.45 bits per heavy atom. The van der Waals surface area contributed by atoms with Gasteiger partial charge in [-0.15, -0.1) is 0 Å². The van der Waals surface area contributed by atoms with Crippen LogP contribution in [0.1, 0.15) is 27.8 Å². The van der Waals surface area contributed by atoms with Gasteiger partial charge in [-0.25, -0.2) is 0 Å². The van der Waals surface area contributed by atoms with Gasteiger partial charge in [-0.05, 0) is 97.5 Å². The zero-order valence-corrected chi connectivity index (χ0v) is 18.1. The summed E-state index contributed by atoms with van der Waals surface area (Å²) in [4.78, 5) is 0. The Kier molecular flexibility index (Phi) is 7.01. The van der Waals surface area contributed by atoms with E-state index in [0.717, 1.165) is 44.4 Å². The highest BCUT2D eigenvalue weighted by Crippen LogP contribution is 2.34. The van der Waals surface area contributed by atoms with Gasteiger partial charge in [0.1, 0.15) is 11.5 Å². The van der Waals surface area contributed by atoms with E-state index in [-0.39, 0.29) is 5.75 Å². The van der Waals surface area contributed by atoms with Crippen LogP contribution in [0, 0.1) is 27.7 Å². The maximum absolute atomic E-state index is 12.5. The molecule has 6 heteroatoms. The number of phenols is 2. The fourth-order valence-electron chi connectivity index (χ4n) is 3.14. The number of alkyl halides is 3. The van der Waals surface area contributed by atoms with E-state index in [0.29, 0.717) is 11.3 Å². The van der Waals surface area contributed by atoms with Crippen molar-refractivity contribution < 1.29 is 23.4 Å². The van der Waals surface area contributed by atoms with Crippen LogP contribution in [0.15, 0.2) is 53.0 Å². The summed E-state index contributed by atoms with van der Waals surface area (Å²) in [7, 11) is 0. The summed E-state index contributed by atoms with van der Waals surface area (Å²) in [6, 6.07) is 11.7. The number of rotatable bonds is 1. The van der Waals surface area contributed by atoms with Gasteiger partial charge in [0.2, 0.25) is 0 Å². The molecule has 2 nitrogen and oxygen atoms in total. The Morgan fingerprint density at radius 2 is 1.07 bits per heavy atom. The summed E-state index contributed by atoms with van der Waals surface area (Å²) in [5.41, 5.74) is 4.70. The average Bonchev–Trinajstić information content (AvgIpc) is 2.59. The van der Waals surface area contributed by atoms with Gasteiger partial charge in [-0.3, -0.25) is 0 Å². The summed E-state index contributed by atoms with van der Waals surface area (Å²) >= 11 is 3.40. The highest BCUT2D eigenvalue weighted by molar-refractivity contribution is 9.10. The van der Waals surface area contributed by atoms with Crippen molar-refractivity contribution in [3.8, 4) is 22.6 Å². The Bertz CT molecular complexity index is 964. The third-order valence-electron chi connectivity index (χ3n) is 4.44. The van der Waals surface area contributed by atoms with Crippen molar-refractivity contribution in [1.29, 1.82) is 0 Å².